The van der Waals surface area contributed by atoms with Crippen molar-refractivity contribution in [3.63, 3.8) is 0 Å². The summed E-state index contributed by atoms with van der Waals surface area (Å²) in [5, 5.41) is 2.82. The lowest BCUT2D eigenvalue weighted by atomic mass is 10.1. The second-order valence-corrected chi connectivity index (χ2v) is 4.58. The third-order valence-corrected chi connectivity index (χ3v) is 2.87. The van der Waals surface area contributed by atoms with Gasteiger partial charge < -0.3 is 10.2 Å². The van der Waals surface area contributed by atoms with Crippen molar-refractivity contribution < 1.29 is 9.59 Å². The Morgan fingerprint density at radius 1 is 1.22 bits per heavy atom. The molecule has 0 aliphatic rings. The van der Waals surface area contributed by atoms with Crippen LogP contribution in [0.25, 0.3) is 0 Å². The van der Waals surface area contributed by atoms with Crippen LogP contribution in [-0.2, 0) is 4.79 Å². The predicted octanol–water partition coefficient (Wildman–Crippen LogP) is 2.37. The Kier molecular flexibility index (Phi) is 4.89. The van der Waals surface area contributed by atoms with Gasteiger partial charge in [-0.15, -0.1) is 0 Å². The van der Waals surface area contributed by atoms with Gasteiger partial charge >= 0.3 is 0 Å². The van der Waals surface area contributed by atoms with Gasteiger partial charge in [0.1, 0.15) is 0 Å². The molecular formula is C14H20N2O2. The fraction of sp³-hybridized carbons (Fsp3) is 0.429. The molecule has 18 heavy (non-hydrogen) atoms. The zero-order valence-corrected chi connectivity index (χ0v) is 11.4. The van der Waals surface area contributed by atoms with Gasteiger partial charge in [-0.05, 0) is 30.7 Å². The fourth-order valence-corrected chi connectivity index (χ4v) is 1.41. The second-order valence-electron chi connectivity index (χ2n) is 4.58. The number of hydrogen-bond donors (Lipinski definition) is 1. The summed E-state index contributed by atoms with van der Waals surface area (Å²) in [5.74, 6) is -0.0490. The number of amides is 2. The lowest BCUT2D eigenvalue weighted by Crippen LogP contribution is -2.22. The molecule has 1 aromatic carbocycles. The van der Waals surface area contributed by atoms with Crippen molar-refractivity contribution in [3.8, 4) is 0 Å². The SMILES string of the molecule is CC[C@@H](C)C(=O)Nc1ccc(C(=O)N(C)C)cc1. The molecule has 0 heterocycles. The Balaban J connectivity index is 2.72. The van der Waals surface area contributed by atoms with Gasteiger partial charge in [0.05, 0.1) is 0 Å². The van der Waals surface area contributed by atoms with Crippen LogP contribution in [0.3, 0.4) is 0 Å². The van der Waals surface area contributed by atoms with Crippen LogP contribution < -0.4 is 5.32 Å². The van der Waals surface area contributed by atoms with Crippen LogP contribution in [-0.4, -0.2) is 30.8 Å². The summed E-state index contributed by atoms with van der Waals surface area (Å²) in [4.78, 5) is 24.9. The van der Waals surface area contributed by atoms with E-state index in [1.165, 1.54) is 4.90 Å². The van der Waals surface area contributed by atoms with Gasteiger partial charge in [0.2, 0.25) is 5.91 Å². The van der Waals surface area contributed by atoms with Crippen molar-refractivity contribution in [1.82, 2.24) is 4.90 Å². The van der Waals surface area contributed by atoms with Gasteiger partial charge in [0, 0.05) is 31.3 Å². The molecule has 1 N–H and O–H groups in total. The highest BCUT2D eigenvalue weighted by atomic mass is 16.2. The molecule has 1 atom stereocenters. The number of anilines is 1. The van der Waals surface area contributed by atoms with Crippen molar-refractivity contribution in [2.75, 3.05) is 19.4 Å². The zero-order chi connectivity index (χ0) is 13.7. The summed E-state index contributed by atoms with van der Waals surface area (Å²) >= 11 is 0. The molecule has 0 unspecified atom stereocenters. The molecule has 0 saturated carbocycles. The fourth-order valence-electron chi connectivity index (χ4n) is 1.41. The number of rotatable bonds is 4. The predicted molar refractivity (Wildman–Crippen MR) is 72.5 cm³/mol. The van der Waals surface area contributed by atoms with E-state index in [2.05, 4.69) is 5.32 Å². The highest BCUT2D eigenvalue weighted by Gasteiger charge is 2.11. The lowest BCUT2D eigenvalue weighted by Gasteiger charge is -2.12. The molecule has 0 fully saturated rings. The van der Waals surface area contributed by atoms with Crippen molar-refractivity contribution >= 4 is 17.5 Å². The first-order valence-corrected chi connectivity index (χ1v) is 6.08. The molecule has 4 heteroatoms. The van der Waals surface area contributed by atoms with Gasteiger partial charge in [-0.3, -0.25) is 9.59 Å². The van der Waals surface area contributed by atoms with Crippen LogP contribution in [0, 0.1) is 5.92 Å². The van der Waals surface area contributed by atoms with Crippen molar-refractivity contribution in [2.45, 2.75) is 20.3 Å². The largest absolute Gasteiger partial charge is 0.345 e. The van der Waals surface area contributed by atoms with Crippen LogP contribution in [0.15, 0.2) is 24.3 Å². The van der Waals surface area contributed by atoms with Crippen molar-refractivity contribution in [1.29, 1.82) is 0 Å². The lowest BCUT2D eigenvalue weighted by molar-refractivity contribution is -0.119. The number of benzene rings is 1. The first-order valence-electron chi connectivity index (χ1n) is 6.08. The van der Waals surface area contributed by atoms with E-state index in [0.717, 1.165) is 12.1 Å². The van der Waals surface area contributed by atoms with Gasteiger partial charge in [-0.1, -0.05) is 13.8 Å². The van der Waals surface area contributed by atoms with Crippen LogP contribution in [0.4, 0.5) is 5.69 Å². The molecule has 0 aliphatic carbocycles. The summed E-state index contributed by atoms with van der Waals surface area (Å²) in [6.45, 7) is 3.86. The maximum absolute atomic E-state index is 11.7. The van der Waals surface area contributed by atoms with Gasteiger partial charge in [0.15, 0.2) is 0 Å². The topological polar surface area (TPSA) is 49.4 Å². The molecule has 1 rings (SSSR count). The van der Waals surface area contributed by atoms with Gasteiger partial charge in [-0.2, -0.15) is 0 Å². The average Bonchev–Trinajstić information content (AvgIpc) is 2.37. The minimum atomic E-state index is -0.0465. The van der Waals surface area contributed by atoms with Crippen LogP contribution >= 0.6 is 0 Å². The first kappa shape index (κ1) is 14.2. The molecule has 4 nitrogen and oxygen atoms in total. The van der Waals surface area contributed by atoms with E-state index in [9.17, 15) is 9.59 Å². The second kappa shape index (κ2) is 6.19. The minimum absolute atomic E-state index is 0.00388. The summed E-state index contributed by atoms with van der Waals surface area (Å²) in [6, 6.07) is 6.93. The van der Waals surface area contributed by atoms with Crippen molar-refractivity contribution in [2.24, 2.45) is 5.92 Å². The van der Waals surface area contributed by atoms with E-state index < -0.39 is 0 Å². The van der Waals surface area contributed by atoms with Gasteiger partial charge in [0.25, 0.3) is 5.91 Å². The Bertz CT molecular complexity index is 424. The Labute approximate surface area is 108 Å². The van der Waals surface area contributed by atoms with E-state index >= 15 is 0 Å². The smallest absolute Gasteiger partial charge is 0.253 e. The van der Waals surface area contributed by atoms with Crippen molar-refractivity contribution in [3.05, 3.63) is 29.8 Å². The number of carbonyl (C=O) groups is 2. The zero-order valence-electron chi connectivity index (χ0n) is 11.4. The normalized spacial score (nSPS) is 11.8. The highest BCUT2D eigenvalue weighted by Crippen LogP contribution is 2.13. The molecule has 1 aromatic rings. The Hall–Kier alpha value is -1.84. The molecule has 0 aromatic heterocycles. The molecule has 0 saturated heterocycles. The maximum atomic E-state index is 11.7. The summed E-state index contributed by atoms with van der Waals surface area (Å²) in [6.07, 6.45) is 0.809. The third-order valence-electron chi connectivity index (χ3n) is 2.87. The summed E-state index contributed by atoms with van der Waals surface area (Å²) < 4.78 is 0. The Morgan fingerprint density at radius 2 is 1.78 bits per heavy atom. The number of carbonyl (C=O) groups excluding carboxylic acids is 2. The highest BCUT2D eigenvalue weighted by molar-refractivity contribution is 5.95. The summed E-state index contributed by atoms with van der Waals surface area (Å²) in [7, 11) is 3.42. The molecule has 0 bridgehead atoms. The quantitative estimate of drug-likeness (QED) is 0.889. The number of nitrogens with zero attached hydrogens (tertiary/aromatic N) is 1. The average molecular weight is 248 g/mol. The molecule has 0 radical (unpaired) electrons. The Morgan fingerprint density at radius 3 is 2.22 bits per heavy atom. The number of nitrogens with one attached hydrogen (secondary N) is 1. The maximum Gasteiger partial charge on any atom is 0.253 e. The first-order chi connectivity index (χ1) is 8.45. The molecule has 98 valence electrons. The molecule has 0 spiro atoms. The van der Waals surface area contributed by atoms with E-state index in [-0.39, 0.29) is 17.7 Å². The molecule has 0 aliphatic heterocycles. The van der Waals surface area contributed by atoms with E-state index in [4.69, 9.17) is 0 Å². The van der Waals surface area contributed by atoms with Crippen LogP contribution in [0.2, 0.25) is 0 Å². The van der Waals surface area contributed by atoms with Gasteiger partial charge in [-0.25, -0.2) is 0 Å². The van der Waals surface area contributed by atoms with E-state index in [0.29, 0.717) is 5.56 Å². The molecular weight excluding hydrogens is 228 g/mol. The number of hydrogen-bond acceptors (Lipinski definition) is 2. The monoisotopic (exact) mass is 248 g/mol. The van der Waals surface area contributed by atoms with E-state index in [1.54, 1.807) is 38.4 Å². The molecule has 2 amide bonds. The van der Waals surface area contributed by atoms with Crippen LogP contribution in [0.1, 0.15) is 30.6 Å². The minimum Gasteiger partial charge on any atom is -0.345 e. The van der Waals surface area contributed by atoms with E-state index in [1.807, 2.05) is 13.8 Å². The standard InChI is InChI=1S/C14H20N2O2/c1-5-10(2)13(17)15-12-8-6-11(7-9-12)14(18)16(3)4/h6-10H,5H2,1-4H3,(H,15,17)/t10-/m1/s1. The van der Waals surface area contributed by atoms with Crippen LogP contribution in [0.5, 0.6) is 0 Å². The summed E-state index contributed by atoms with van der Waals surface area (Å²) in [5.41, 5.74) is 1.33. The third kappa shape index (κ3) is 3.58.